The highest BCUT2D eigenvalue weighted by Gasteiger charge is 2.20. The molecular formula is C16H26N6O2. The molecule has 8 heteroatoms. The second-order valence-corrected chi connectivity index (χ2v) is 6.11. The Balaban J connectivity index is 1.92. The molecule has 0 bridgehead atoms. The first-order chi connectivity index (χ1) is 11.7. The van der Waals surface area contributed by atoms with E-state index in [0.717, 1.165) is 25.9 Å². The van der Waals surface area contributed by atoms with Crippen LogP contribution in [0.5, 0.6) is 12.0 Å². The number of anilines is 1. The molecule has 1 aliphatic rings. The van der Waals surface area contributed by atoms with Gasteiger partial charge in [-0.15, -0.1) is 0 Å². The molecule has 0 unspecified atom stereocenters. The van der Waals surface area contributed by atoms with Crippen molar-refractivity contribution in [2.45, 2.75) is 45.7 Å². The summed E-state index contributed by atoms with van der Waals surface area (Å²) in [6.07, 6.45) is 5.74. The molecule has 1 fully saturated rings. The number of nitrogens with zero attached hydrogens (tertiary/aromatic N) is 5. The second kappa shape index (κ2) is 7.65. The topological polar surface area (TPSA) is 91.3 Å². The molecule has 0 saturated carbocycles. The van der Waals surface area contributed by atoms with Crippen molar-refractivity contribution in [1.29, 1.82) is 0 Å². The van der Waals surface area contributed by atoms with Crippen molar-refractivity contribution >= 4 is 17.0 Å². The van der Waals surface area contributed by atoms with Gasteiger partial charge in [-0.1, -0.05) is 19.8 Å². The van der Waals surface area contributed by atoms with Crippen LogP contribution in [-0.4, -0.2) is 51.2 Å². The van der Waals surface area contributed by atoms with E-state index in [1.807, 2.05) is 4.57 Å². The number of imidazole rings is 1. The van der Waals surface area contributed by atoms with Crippen LogP contribution < -0.4 is 15.2 Å². The molecule has 2 aromatic rings. The number of nitrogens with two attached hydrogens (primary N) is 1. The molecule has 3 heterocycles. The van der Waals surface area contributed by atoms with E-state index in [-0.39, 0.29) is 0 Å². The molecule has 3 rings (SSSR count). The van der Waals surface area contributed by atoms with Gasteiger partial charge in [-0.25, -0.2) is 0 Å². The Labute approximate surface area is 142 Å². The standard InChI is InChI=1S/C16H26N6O2/c1-3-4-10-24-15-19-13(17)12-14(20-15)22(16(18-12)23-2)11-21-8-6-5-7-9-21/h3-11H2,1-2H3,(H2,17,19,20). The summed E-state index contributed by atoms with van der Waals surface area (Å²) < 4.78 is 13.0. The van der Waals surface area contributed by atoms with Crippen molar-refractivity contribution in [3.63, 3.8) is 0 Å². The van der Waals surface area contributed by atoms with Crippen molar-refractivity contribution in [3.8, 4) is 12.0 Å². The SMILES string of the molecule is CCCCOc1nc(N)c2nc(OC)n(CN3CCCCC3)c2n1. The van der Waals surface area contributed by atoms with E-state index in [2.05, 4.69) is 26.8 Å². The fraction of sp³-hybridized carbons (Fsp3) is 0.688. The third kappa shape index (κ3) is 3.53. The lowest BCUT2D eigenvalue weighted by Crippen LogP contribution is -2.31. The van der Waals surface area contributed by atoms with Gasteiger partial charge in [0.25, 0.3) is 6.01 Å². The monoisotopic (exact) mass is 334 g/mol. The average molecular weight is 334 g/mol. The zero-order valence-electron chi connectivity index (χ0n) is 14.5. The van der Waals surface area contributed by atoms with Crippen LogP contribution in [-0.2, 0) is 6.67 Å². The molecule has 2 N–H and O–H groups in total. The number of ether oxygens (including phenoxy) is 2. The molecule has 1 aliphatic heterocycles. The summed E-state index contributed by atoms with van der Waals surface area (Å²) in [7, 11) is 1.61. The number of unbranched alkanes of at least 4 members (excludes halogenated alkanes) is 1. The predicted octanol–water partition coefficient (Wildman–Crippen LogP) is 2.04. The number of hydrogen-bond acceptors (Lipinski definition) is 7. The Morgan fingerprint density at radius 3 is 2.62 bits per heavy atom. The molecular weight excluding hydrogens is 308 g/mol. The van der Waals surface area contributed by atoms with Gasteiger partial charge >= 0.3 is 6.01 Å². The van der Waals surface area contributed by atoms with Crippen molar-refractivity contribution in [2.24, 2.45) is 0 Å². The van der Waals surface area contributed by atoms with Crippen LogP contribution in [0, 0.1) is 0 Å². The summed E-state index contributed by atoms with van der Waals surface area (Å²) in [6, 6.07) is 0.804. The first-order valence-electron chi connectivity index (χ1n) is 8.65. The zero-order valence-corrected chi connectivity index (χ0v) is 14.5. The Morgan fingerprint density at radius 2 is 1.92 bits per heavy atom. The van der Waals surface area contributed by atoms with Crippen LogP contribution in [0.2, 0.25) is 0 Å². The number of likely N-dealkylation sites (tertiary alicyclic amines) is 1. The van der Waals surface area contributed by atoms with Gasteiger partial charge in [0, 0.05) is 0 Å². The van der Waals surface area contributed by atoms with Gasteiger partial charge < -0.3 is 15.2 Å². The lowest BCUT2D eigenvalue weighted by molar-refractivity contribution is 0.175. The first-order valence-corrected chi connectivity index (χ1v) is 8.65. The Bertz CT molecular complexity index is 681. The fourth-order valence-electron chi connectivity index (χ4n) is 2.94. The van der Waals surface area contributed by atoms with Crippen LogP contribution in [0.4, 0.5) is 5.82 Å². The molecule has 8 nitrogen and oxygen atoms in total. The molecule has 0 spiro atoms. The second-order valence-electron chi connectivity index (χ2n) is 6.11. The van der Waals surface area contributed by atoms with Crippen LogP contribution >= 0.6 is 0 Å². The molecule has 0 radical (unpaired) electrons. The smallest absolute Gasteiger partial charge is 0.320 e. The van der Waals surface area contributed by atoms with E-state index in [1.165, 1.54) is 19.3 Å². The summed E-state index contributed by atoms with van der Waals surface area (Å²) in [5.41, 5.74) is 7.28. The van der Waals surface area contributed by atoms with E-state index in [4.69, 9.17) is 15.2 Å². The Hall–Kier alpha value is -2.09. The summed E-state index contributed by atoms with van der Waals surface area (Å²) in [4.78, 5) is 15.6. The van der Waals surface area contributed by atoms with Crippen molar-refractivity contribution in [3.05, 3.63) is 0 Å². The fourth-order valence-corrected chi connectivity index (χ4v) is 2.94. The maximum absolute atomic E-state index is 6.06. The first kappa shape index (κ1) is 16.8. The normalized spacial score (nSPS) is 15.8. The van der Waals surface area contributed by atoms with Crippen LogP contribution in [0.3, 0.4) is 0 Å². The van der Waals surface area contributed by atoms with Gasteiger partial charge in [0.2, 0.25) is 0 Å². The number of piperidine rings is 1. The number of hydrogen-bond donors (Lipinski definition) is 1. The van der Waals surface area contributed by atoms with E-state index in [9.17, 15) is 0 Å². The average Bonchev–Trinajstić information content (AvgIpc) is 2.94. The van der Waals surface area contributed by atoms with Gasteiger partial charge in [0.1, 0.15) is 0 Å². The maximum atomic E-state index is 6.06. The highest BCUT2D eigenvalue weighted by molar-refractivity contribution is 5.83. The molecule has 0 amide bonds. The molecule has 0 aliphatic carbocycles. The Morgan fingerprint density at radius 1 is 1.12 bits per heavy atom. The van der Waals surface area contributed by atoms with Gasteiger partial charge in [-0.05, 0) is 32.4 Å². The molecule has 0 aromatic carbocycles. The lowest BCUT2D eigenvalue weighted by Gasteiger charge is -2.27. The van der Waals surface area contributed by atoms with Gasteiger partial charge in [-0.2, -0.15) is 15.0 Å². The predicted molar refractivity (Wildman–Crippen MR) is 92.1 cm³/mol. The minimum atomic E-state index is 0.302. The highest BCUT2D eigenvalue weighted by Crippen LogP contribution is 2.26. The van der Waals surface area contributed by atoms with Gasteiger partial charge in [0.05, 0.1) is 20.4 Å². The minimum Gasteiger partial charge on any atom is -0.468 e. The van der Waals surface area contributed by atoms with E-state index in [0.29, 0.717) is 42.3 Å². The zero-order chi connectivity index (χ0) is 16.9. The summed E-state index contributed by atoms with van der Waals surface area (Å²) in [6.45, 7) is 5.52. The molecule has 2 aromatic heterocycles. The van der Waals surface area contributed by atoms with E-state index < -0.39 is 0 Å². The number of aromatic nitrogens is 4. The van der Waals surface area contributed by atoms with Crippen molar-refractivity contribution in [2.75, 3.05) is 32.5 Å². The third-order valence-electron chi connectivity index (χ3n) is 4.27. The van der Waals surface area contributed by atoms with Crippen LogP contribution in [0.1, 0.15) is 39.0 Å². The van der Waals surface area contributed by atoms with Crippen LogP contribution in [0.25, 0.3) is 11.2 Å². The summed E-state index contributed by atoms with van der Waals surface area (Å²) in [5, 5.41) is 0. The largest absolute Gasteiger partial charge is 0.468 e. The van der Waals surface area contributed by atoms with Crippen molar-refractivity contribution in [1.82, 2.24) is 24.4 Å². The molecule has 24 heavy (non-hydrogen) atoms. The van der Waals surface area contributed by atoms with E-state index >= 15 is 0 Å². The quantitative estimate of drug-likeness (QED) is 0.775. The molecule has 0 atom stereocenters. The van der Waals surface area contributed by atoms with E-state index in [1.54, 1.807) is 7.11 Å². The lowest BCUT2D eigenvalue weighted by atomic mass is 10.1. The van der Waals surface area contributed by atoms with Gasteiger partial charge in [-0.3, -0.25) is 9.47 Å². The van der Waals surface area contributed by atoms with Gasteiger partial charge in [0.15, 0.2) is 17.0 Å². The summed E-state index contributed by atoms with van der Waals surface area (Å²) >= 11 is 0. The number of fused-ring (bicyclic) bond motifs is 1. The van der Waals surface area contributed by atoms with Crippen molar-refractivity contribution < 1.29 is 9.47 Å². The highest BCUT2D eigenvalue weighted by atomic mass is 16.5. The summed E-state index contributed by atoms with van der Waals surface area (Å²) in [5.74, 6) is 0.321. The maximum Gasteiger partial charge on any atom is 0.320 e. The Kier molecular flexibility index (Phi) is 5.34. The number of nitrogen functional groups attached to an aromatic ring is 1. The van der Waals surface area contributed by atoms with Crippen LogP contribution in [0.15, 0.2) is 0 Å². The number of methoxy groups -OCH3 is 1. The minimum absolute atomic E-state index is 0.302. The molecule has 1 saturated heterocycles. The molecule has 132 valence electrons. The number of rotatable bonds is 7. The third-order valence-corrected chi connectivity index (χ3v) is 4.27.